The molecule has 132 valence electrons. The largest absolute Gasteiger partial charge is 0.457 e. The van der Waals surface area contributed by atoms with Crippen LogP contribution in [-0.2, 0) is 14.3 Å². The Morgan fingerprint density at radius 1 is 1.35 bits per heavy atom. The highest BCUT2D eigenvalue weighted by molar-refractivity contribution is 5.70. The Morgan fingerprint density at radius 3 is 2.57 bits per heavy atom. The summed E-state index contributed by atoms with van der Waals surface area (Å²) in [5.41, 5.74) is 0.689. The van der Waals surface area contributed by atoms with Crippen LogP contribution in [0.15, 0.2) is 12.7 Å². The molecular formula is C19H34NO3+. The summed E-state index contributed by atoms with van der Waals surface area (Å²) in [6.45, 7) is 12.9. The van der Waals surface area contributed by atoms with E-state index in [1.54, 1.807) is 6.08 Å². The van der Waals surface area contributed by atoms with Crippen LogP contribution in [0.25, 0.3) is 0 Å². The van der Waals surface area contributed by atoms with Crippen LogP contribution in [0.2, 0.25) is 0 Å². The zero-order valence-electron chi connectivity index (χ0n) is 15.6. The zero-order valence-corrected chi connectivity index (χ0v) is 15.6. The molecule has 0 aromatic rings. The number of fused-ring (bicyclic) bond motifs is 2. The number of likely N-dealkylation sites (N-methyl/N-ethyl adjacent to an activating group) is 1. The normalized spacial score (nSPS) is 32.0. The first-order valence-corrected chi connectivity index (χ1v) is 8.82. The van der Waals surface area contributed by atoms with Crippen molar-refractivity contribution in [3.8, 4) is 0 Å². The standard InChI is InChI=1S/C19H34NO3/c1-7-11-23-17(21)14-20(5,6)10-12-22-16-13-15-8-9-19(16,4)18(15,2)3/h7,15-16H,1,8-14H2,2-6H3/q+1/t15-,16-,19+/m1/s1. The molecule has 2 fully saturated rings. The van der Waals surface area contributed by atoms with Crippen LogP contribution in [0.1, 0.15) is 40.0 Å². The highest BCUT2D eigenvalue weighted by Crippen LogP contribution is 2.66. The molecule has 2 aliphatic rings. The van der Waals surface area contributed by atoms with E-state index in [-0.39, 0.29) is 12.6 Å². The first kappa shape index (κ1) is 18.5. The van der Waals surface area contributed by atoms with Crippen molar-refractivity contribution in [2.24, 2.45) is 16.7 Å². The maximum Gasteiger partial charge on any atom is 0.362 e. The number of quaternary nitrogens is 1. The van der Waals surface area contributed by atoms with E-state index in [0.29, 0.717) is 34.6 Å². The molecule has 4 heteroatoms. The van der Waals surface area contributed by atoms with Gasteiger partial charge in [-0.3, -0.25) is 0 Å². The molecule has 0 unspecified atom stereocenters. The number of hydrogen-bond acceptors (Lipinski definition) is 3. The highest BCUT2D eigenvalue weighted by Gasteiger charge is 2.61. The van der Waals surface area contributed by atoms with E-state index < -0.39 is 0 Å². The van der Waals surface area contributed by atoms with Crippen molar-refractivity contribution in [2.45, 2.75) is 46.1 Å². The number of rotatable bonds is 8. The number of carbonyl (C=O) groups excluding carboxylic acids is 1. The maximum atomic E-state index is 11.8. The predicted octanol–water partition coefficient (Wildman–Crippen LogP) is 3.02. The lowest BCUT2D eigenvalue weighted by atomic mass is 9.70. The van der Waals surface area contributed by atoms with Gasteiger partial charge in [-0.1, -0.05) is 33.4 Å². The topological polar surface area (TPSA) is 35.5 Å². The molecular weight excluding hydrogens is 290 g/mol. The molecule has 0 amide bonds. The second kappa shape index (κ2) is 6.56. The van der Waals surface area contributed by atoms with Crippen molar-refractivity contribution in [1.82, 2.24) is 0 Å². The van der Waals surface area contributed by atoms with Crippen LogP contribution < -0.4 is 0 Å². The molecule has 4 nitrogen and oxygen atoms in total. The molecule has 0 radical (unpaired) electrons. The molecule has 2 bridgehead atoms. The molecule has 0 N–H and O–H groups in total. The van der Waals surface area contributed by atoms with Crippen LogP contribution in [0.4, 0.5) is 0 Å². The van der Waals surface area contributed by atoms with E-state index in [2.05, 4.69) is 27.4 Å². The minimum atomic E-state index is -0.178. The number of nitrogens with zero attached hydrogens (tertiary/aromatic N) is 1. The first-order valence-electron chi connectivity index (χ1n) is 8.82. The lowest BCUT2D eigenvalue weighted by Crippen LogP contribution is -2.47. The maximum absolute atomic E-state index is 11.8. The number of carbonyl (C=O) groups is 1. The molecule has 0 aromatic heterocycles. The number of hydrogen-bond donors (Lipinski definition) is 0. The third-order valence-corrected chi connectivity index (χ3v) is 6.65. The first-order chi connectivity index (χ1) is 10.6. The predicted molar refractivity (Wildman–Crippen MR) is 92.0 cm³/mol. The second-order valence-electron chi connectivity index (χ2n) is 8.76. The van der Waals surface area contributed by atoms with E-state index in [1.807, 2.05) is 14.1 Å². The fraction of sp³-hybridized carbons (Fsp3) is 0.842. The second-order valence-corrected chi connectivity index (χ2v) is 8.76. The molecule has 2 aliphatic carbocycles. The van der Waals surface area contributed by atoms with Crippen LogP contribution in [-0.4, -0.2) is 57.0 Å². The number of ether oxygens (including phenoxy) is 2. The van der Waals surface area contributed by atoms with Gasteiger partial charge in [0.1, 0.15) is 13.2 Å². The van der Waals surface area contributed by atoms with Gasteiger partial charge in [-0.2, -0.15) is 0 Å². The van der Waals surface area contributed by atoms with Gasteiger partial charge in [0.2, 0.25) is 0 Å². The highest BCUT2D eigenvalue weighted by atomic mass is 16.5. The molecule has 2 rings (SSSR count). The molecule has 23 heavy (non-hydrogen) atoms. The van der Waals surface area contributed by atoms with E-state index >= 15 is 0 Å². The summed E-state index contributed by atoms with van der Waals surface area (Å²) in [6.07, 6.45) is 5.78. The van der Waals surface area contributed by atoms with Crippen LogP contribution in [0.5, 0.6) is 0 Å². The Balaban J connectivity index is 1.79. The van der Waals surface area contributed by atoms with Gasteiger partial charge < -0.3 is 14.0 Å². The fourth-order valence-electron chi connectivity index (χ4n) is 4.45. The van der Waals surface area contributed by atoms with Gasteiger partial charge in [-0.05, 0) is 36.0 Å². The van der Waals surface area contributed by atoms with Crippen molar-refractivity contribution >= 4 is 5.97 Å². The summed E-state index contributed by atoms with van der Waals surface area (Å²) >= 11 is 0. The van der Waals surface area contributed by atoms with Crippen LogP contribution >= 0.6 is 0 Å². The minimum Gasteiger partial charge on any atom is -0.457 e. The van der Waals surface area contributed by atoms with Gasteiger partial charge in [0.25, 0.3) is 0 Å². The molecule has 0 saturated heterocycles. The minimum absolute atomic E-state index is 0.178. The SMILES string of the molecule is C=CCOC(=O)C[N+](C)(C)CCO[C@@H]1C[C@H]2CC[C@]1(C)C2(C)C. The van der Waals surface area contributed by atoms with Crippen molar-refractivity contribution in [2.75, 3.05) is 40.4 Å². The summed E-state index contributed by atoms with van der Waals surface area (Å²) < 4.78 is 12.0. The summed E-state index contributed by atoms with van der Waals surface area (Å²) in [6, 6.07) is 0. The lowest BCUT2D eigenvalue weighted by molar-refractivity contribution is -0.883. The monoisotopic (exact) mass is 324 g/mol. The average Bonchev–Trinajstić information content (AvgIpc) is 2.77. The van der Waals surface area contributed by atoms with Gasteiger partial charge in [-0.15, -0.1) is 0 Å². The van der Waals surface area contributed by atoms with Crippen molar-refractivity contribution in [1.29, 1.82) is 0 Å². The van der Waals surface area contributed by atoms with Crippen molar-refractivity contribution in [3.63, 3.8) is 0 Å². The average molecular weight is 324 g/mol. The summed E-state index contributed by atoms with van der Waals surface area (Å²) in [4.78, 5) is 11.8. The number of esters is 1. The van der Waals surface area contributed by atoms with Gasteiger partial charge in [-0.25, -0.2) is 4.79 Å². The molecule has 0 heterocycles. The molecule has 0 aromatic carbocycles. The van der Waals surface area contributed by atoms with E-state index in [1.165, 1.54) is 19.3 Å². The fourth-order valence-corrected chi connectivity index (χ4v) is 4.45. The molecule has 3 atom stereocenters. The van der Waals surface area contributed by atoms with Crippen molar-refractivity contribution < 1.29 is 18.8 Å². The molecule has 0 spiro atoms. The van der Waals surface area contributed by atoms with E-state index in [9.17, 15) is 4.79 Å². The Labute approximate surface area is 141 Å². The summed E-state index contributed by atoms with van der Waals surface area (Å²) in [5.74, 6) is 0.622. The van der Waals surface area contributed by atoms with Gasteiger partial charge >= 0.3 is 5.97 Å². The Hall–Kier alpha value is -0.870. The molecule has 2 saturated carbocycles. The Kier molecular flexibility index (Phi) is 5.27. The Morgan fingerprint density at radius 2 is 2.04 bits per heavy atom. The molecule has 0 aliphatic heterocycles. The van der Waals surface area contributed by atoms with Gasteiger partial charge in [0, 0.05) is 0 Å². The van der Waals surface area contributed by atoms with Crippen LogP contribution in [0, 0.1) is 16.7 Å². The third-order valence-electron chi connectivity index (χ3n) is 6.65. The summed E-state index contributed by atoms with van der Waals surface area (Å²) in [7, 11) is 4.09. The van der Waals surface area contributed by atoms with Gasteiger partial charge in [0.05, 0.1) is 26.8 Å². The van der Waals surface area contributed by atoms with E-state index in [0.717, 1.165) is 12.5 Å². The van der Waals surface area contributed by atoms with Crippen molar-refractivity contribution in [3.05, 3.63) is 12.7 Å². The third kappa shape index (κ3) is 3.63. The quantitative estimate of drug-likeness (QED) is 0.391. The van der Waals surface area contributed by atoms with Gasteiger partial charge in [0.15, 0.2) is 6.54 Å². The zero-order chi connectivity index (χ0) is 17.3. The smallest absolute Gasteiger partial charge is 0.362 e. The van der Waals surface area contributed by atoms with E-state index in [4.69, 9.17) is 9.47 Å². The summed E-state index contributed by atoms with van der Waals surface area (Å²) in [5, 5.41) is 0. The Bertz CT molecular complexity index is 458. The van der Waals surface area contributed by atoms with Crippen LogP contribution in [0.3, 0.4) is 0 Å². The lowest BCUT2D eigenvalue weighted by Gasteiger charge is -2.39.